The maximum absolute atomic E-state index is 13.1. The summed E-state index contributed by atoms with van der Waals surface area (Å²) in [5, 5.41) is 2.84. The van der Waals surface area contributed by atoms with Crippen molar-refractivity contribution in [2.75, 3.05) is 54.1 Å². The average molecular weight is 383 g/mol. The fourth-order valence-electron chi connectivity index (χ4n) is 3.92. The van der Waals surface area contributed by atoms with Gasteiger partial charge in [0.15, 0.2) is 11.6 Å². The minimum absolute atomic E-state index is 0.0866. The van der Waals surface area contributed by atoms with Gasteiger partial charge in [0.25, 0.3) is 0 Å². The Bertz CT molecular complexity index is 817. The number of hydrogen-bond donors (Lipinski definition) is 1. The van der Waals surface area contributed by atoms with Gasteiger partial charge >= 0.3 is 6.03 Å². The van der Waals surface area contributed by atoms with Gasteiger partial charge < -0.3 is 14.5 Å². The molecule has 0 aromatic carbocycles. The van der Waals surface area contributed by atoms with Gasteiger partial charge in [-0.1, -0.05) is 0 Å². The lowest BCUT2D eigenvalue weighted by atomic mass is 10.2. The van der Waals surface area contributed by atoms with Crippen LogP contribution in [0.4, 0.5) is 22.1 Å². The van der Waals surface area contributed by atoms with Crippen LogP contribution in [0.5, 0.6) is 0 Å². The monoisotopic (exact) mass is 383 g/mol. The number of fused-ring (bicyclic) bond motifs is 4. The van der Waals surface area contributed by atoms with Crippen LogP contribution in [0.3, 0.4) is 0 Å². The van der Waals surface area contributed by atoms with Crippen LogP contribution in [-0.2, 0) is 4.74 Å². The summed E-state index contributed by atoms with van der Waals surface area (Å²) in [5.41, 5.74) is 0.993. The van der Waals surface area contributed by atoms with Crippen molar-refractivity contribution in [1.82, 2.24) is 10.3 Å². The van der Waals surface area contributed by atoms with E-state index in [-0.39, 0.29) is 12.1 Å². The van der Waals surface area contributed by atoms with Crippen LogP contribution < -0.4 is 20.0 Å². The van der Waals surface area contributed by atoms with Crippen LogP contribution in [0.2, 0.25) is 0 Å². The predicted molar refractivity (Wildman–Crippen MR) is 111 cm³/mol. The summed E-state index contributed by atoms with van der Waals surface area (Å²) in [6.07, 6.45) is 3.95. The first-order chi connectivity index (χ1) is 13.7. The SMILES string of the molecule is C=N/C=C(\N=CC)NC(=O)N1c2nc(N3CCOCC3)ccc2N2CC[C@H]1C2. The summed E-state index contributed by atoms with van der Waals surface area (Å²) in [7, 11) is 0. The number of hydrogen-bond acceptors (Lipinski definition) is 7. The molecular formula is C19H25N7O2. The van der Waals surface area contributed by atoms with Gasteiger partial charge in [-0.25, -0.2) is 14.8 Å². The van der Waals surface area contributed by atoms with Crippen LogP contribution in [0.15, 0.2) is 34.1 Å². The Morgan fingerprint density at radius 2 is 2.14 bits per heavy atom. The van der Waals surface area contributed by atoms with E-state index in [1.165, 1.54) is 6.20 Å². The van der Waals surface area contributed by atoms with Gasteiger partial charge in [0.05, 0.1) is 31.1 Å². The van der Waals surface area contributed by atoms with Crippen molar-refractivity contribution < 1.29 is 9.53 Å². The second kappa shape index (κ2) is 7.97. The number of aromatic nitrogens is 1. The van der Waals surface area contributed by atoms with Crippen LogP contribution in [-0.4, -0.2) is 69.4 Å². The average Bonchev–Trinajstić information content (AvgIpc) is 3.13. The Morgan fingerprint density at radius 1 is 1.32 bits per heavy atom. The van der Waals surface area contributed by atoms with Crippen LogP contribution in [0.25, 0.3) is 0 Å². The zero-order valence-electron chi connectivity index (χ0n) is 16.0. The molecule has 4 heterocycles. The molecule has 4 rings (SSSR count). The summed E-state index contributed by atoms with van der Waals surface area (Å²) < 4.78 is 5.44. The third kappa shape index (κ3) is 3.45. The summed E-state index contributed by atoms with van der Waals surface area (Å²) in [4.78, 5) is 32.1. The molecule has 9 nitrogen and oxygen atoms in total. The fourth-order valence-corrected chi connectivity index (χ4v) is 3.92. The minimum atomic E-state index is -0.250. The van der Waals surface area contributed by atoms with Crippen molar-refractivity contribution >= 4 is 36.3 Å². The molecule has 2 amide bonds. The maximum Gasteiger partial charge on any atom is 0.329 e. The molecule has 1 N–H and O–H groups in total. The number of nitrogens with one attached hydrogen (secondary N) is 1. The molecule has 1 atom stereocenters. The van der Waals surface area contributed by atoms with E-state index in [0.29, 0.717) is 24.9 Å². The highest BCUT2D eigenvalue weighted by Crippen LogP contribution is 2.40. The first-order valence-electron chi connectivity index (χ1n) is 9.55. The van der Waals surface area contributed by atoms with Crippen molar-refractivity contribution in [3.05, 3.63) is 24.2 Å². The number of anilines is 3. The van der Waals surface area contributed by atoms with E-state index < -0.39 is 0 Å². The predicted octanol–water partition coefficient (Wildman–Crippen LogP) is 1.62. The first kappa shape index (κ1) is 18.4. The normalized spacial score (nSPS) is 21.8. The summed E-state index contributed by atoms with van der Waals surface area (Å²) in [6.45, 7) is 9.94. The number of pyridine rings is 1. The molecule has 0 saturated carbocycles. The Morgan fingerprint density at radius 3 is 2.89 bits per heavy atom. The largest absolute Gasteiger partial charge is 0.378 e. The highest BCUT2D eigenvalue weighted by atomic mass is 16.5. The molecule has 148 valence electrons. The number of amides is 2. The Kier molecular flexibility index (Phi) is 5.25. The molecule has 2 fully saturated rings. The second-order valence-corrected chi connectivity index (χ2v) is 6.88. The molecule has 0 spiro atoms. The molecule has 3 aliphatic rings. The van der Waals surface area contributed by atoms with Gasteiger partial charge in [-0.3, -0.25) is 15.2 Å². The Hall–Kier alpha value is -2.94. The second-order valence-electron chi connectivity index (χ2n) is 6.88. The smallest absolute Gasteiger partial charge is 0.329 e. The maximum atomic E-state index is 13.1. The van der Waals surface area contributed by atoms with E-state index >= 15 is 0 Å². The highest BCUT2D eigenvalue weighted by Gasteiger charge is 2.40. The van der Waals surface area contributed by atoms with Crippen molar-refractivity contribution in [1.29, 1.82) is 0 Å². The number of nitrogens with zero attached hydrogens (tertiary/aromatic N) is 6. The zero-order chi connectivity index (χ0) is 19.5. The lowest BCUT2D eigenvalue weighted by Gasteiger charge is -2.37. The van der Waals surface area contributed by atoms with Crippen molar-refractivity contribution in [2.45, 2.75) is 19.4 Å². The number of aliphatic imine (C=N–C) groups is 2. The fraction of sp³-hybridized carbons (Fsp3) is 0.474. The topological polar surface area (TPSA) is 85.7 Å². The zero-order valence-corrected chi connectivity index (χ0v) is 16.0. The molecule has 9 heteroatoms. The standard InChI is InChI=1S/C19H25N7O2/c1-3-21-16(12-20-2)22-19(27)26-14-6-7-25(13-14)15-4-5-17(23-18(15)26)24-8-10-28-11-9-24/h3-5,12,14H,2,6-11,13H2,1H3,(H,22,27)/b16-12+,21-3?/t14-/m0/s1. The molecule has 0 unspecified atom stereocenters. The summed E-state index contributed by atoms with van der Waals surface area (Å²) in [5.74, 6) is 1.92. The third-order valence-corrected chi connectivity index (χ3v) is 5.21. The summed E-state index contributed by atoms with van der Waals surface area (Å²) >= 11 is 0. The third-order valence-electron chi connectivity index (χ3n) is 5.21. The van der Waals surface area contributed by atoms with Gasteiger partial charge in [-0.05, 0) is 32.2 Å². The molecule has 1 aromatic rings. The highest BCUT2D eigenvalue weighted by molar-refractivity contribution is 5.98. The van der Waals surface area contributed by atoms with E-state index in [2.05, 4.69) is 37.9 Å². The van der Waals surface area contributed by atoms with Crippen molar-refractivity contribution in [2.24, 2.45) is 9.98 Å². The molecule has 2 saturated heterocycles. The van der Waals surface area contributed by atoms with E-state index in [4.69, 9.17) is 9.72 Å². The van der Waals surface area contributed by atoms with E-state index in [1.807, 2.05) is 6.07 Å². The first-order valence-corrected chi connectivity index (χ1v) is 9.55. The molecule has 28 heavy (non-hydrogen) atoms. The lowest BCUT2D eigenvalue weighted by Crippen LogP contribution is -2.50. The minimum Gasteiger partial charge on any atom is -0.378 e. The molecule has 3 aliphatic heterocycles. The van der Waals surface area contributed by atoms with Crippen molar-refractivity contribution in [3.63, 3.8) is 0 Å². The van der Waals surface area contributed by atoms with Crippen LogP contribution in [0.1, 0.15) is 13.3 Å². The van der Waals surface area contributed by atoms with Gasteiger partial charge in [-0.2, -0.15) is 0 Å². The number of rotatable bonds is 4. The van der Waals surface area contributed by atoms with Gasteiger partial charge in [0.1, 0.15) is 5.82 Å². The molecule has 0 aliphatic carbocycles. The van der Waals surface area contributed by atoms with E-state index in [1.54, 1.807) is 18.0 Å². The number of morpholine rings is 1. The molecule has 2 bridgehead atoms. The van der Waals surface area contributed by atoms with Gasteiger partial charge in [-0.15, -0.1) is 0 Å². The Balaban J connectivity index is 1.66. The van der Waals surface area contributed by atoms with Crippen molar-refractivity contribution in [3.8, 4) is 0 Å². The molecule has 1 aromatic heterocycles. The van der Waals surface area contributed by atoms with Crippen LogP contribution >= 0.6 is 0 Å². The Labute approximate surface area is 164 Å². The van der Waals surface area contributed by atoms with Gasteiger partial charge in [0.2, 0.25) is 0 Å². The lowest BCUT2D eigenvalue weighted by molar-refractivity contribution is 0.122. The van der Waals surface area contributed by atoms with Crippen LogP contribution in [0, 0.1) is 0 Å². The van der Waals surface area contributed by atoms with E-state index in [9.17, 15) is 4.79 Å². The number of carbonyl (C=O) groups excluding carboxylic acids is 1. The number of urea groups is 1. The molecule has 0 radical (unpaired) electrons. The summed E-state index contributed by atoms with van der Waals surface area (Å²) in [6, 6.07) is 3.94. The molecular weight excluding hydrogens is 358 g/mol. The number of ether oxygens (including phenoxy) is 1. The van der Waals surface area contributed by atoms with Gasteiger partial charge in [0, 0.05) is 32.4 Å². The quantitative estimate of drug-likeness (QED) is 0.799. The van der Waals surface area contributed by atoms with E-state index in [0.717, 1.165) is 44.1 Å². The number of carbonyl (C=O) groups is 1.